The number of pyridine rings is 1. The van der Waals surface area contributed by atoms with E-state index in [-0.39, 0.29) is 0 Å². The lowest BCUT2D eigenvalue weighted by Gasteiger charge is -2.24. The maximum Gasteiger partial charge on any atom is 0.176 e. The molecule has 0 amide bonds. The quantitative estimate of drug-likeness (QED) is 0.915. The van der Waals surface area contributed by atoms with Crippen LogP contribution in [0.25, 0.3) is 0 Å². The molecule has 1 atom stereocenters. The van der Waals surface area contributed by atoms with Crippen LogP contribution >= 0.6 is 0 Å². The van der Waals surface area contributed by atoms with Gasteiger partial charge in [0.2, 0.25) is 0 Å². The number of ether oxygens (including phenoxy) is 1. The van der Waals surface area contributed by atoms with E-state index >= 15 is 0 Å². The molecular weight excluding hydrogens is 254 g/mol. The number of hydrogen-bond acceptors (Lipinski definition) is 5. The van der Waals surface area contributed by atoms with Crippen LogP contribution in [0.2, 0.25) is 0 Å². The van der Waals surface area contributed by atoms with Crippen molar-refractivity contribution in [1.29, 1.82) is 0 Å². The van der Waals surface area contributed by atoms with Crippen molar-refractivity contribution in [1.82, 2.24) is 19.7 Å². The molecule has 106 valence electrons. The van der Waals surface area contributed by atoms with Crippen LogP contribution in [0.1, 0.15) is 23.8 Å². The largest absolute Gasteiger partial charge is 0.380 e. The number of aryl methyl sites for hydroxylation is 2. The van der Waals surface area contributed by atoms with E-state index in [9.17, 15) is 0 Å². The lowest BCUT2D eigenvalue weighted by atomic mass is 10.1. The van der Waals surface area contributed by atoms with Gasteiger partial charge in [0.15, 0.2) is 5.82 Å². The SMILES string of the molecule is COCc1nc2n(n1)C[C@@H](Nc1ccnc(C)c1)CC2. The van der Waals surface area contributed by atoms with Crippen molar-refractivity contribution < 1.29 is 4.74 Å². The molecule has 0 aromatic carbocycles. The van der Waals surface area contributed by atoms with Gasteiger partial charge in [-0.3, -0.25) is 4.98 Å². The van der Waals surface area contributed by atoms with Gasteiger partial charge in [-0.15, -0.1) is 0 Å². The summed E-state index contributed by atoms with van der Waals surface area (Å²) in [7, 11) is 1.66. The Morgan fingerprint density at radius 1 is 1.50 bits per heavy atom. The average Bonchev–Trinajstić information content (AvgIpc) is 2.81. The lowest BCUT2D eigenvalue weighted by molar-refractivity contribution is 0.177. The smallest absolute Gasteiger partial charge is 0.176 e. The molecule has 3 rings (SSSR count). The summed E-state index contributed by atoms with van der Waals surface area (Å²) in [6, 6.07) is 4.44. The Kier molecular flexibility index (Phi) is 3.64. The third-order valence-electron chi connectivity index (χ3n) is 3.44. The number of methoxy groups -OCH3 is 1. The first-order valence-corrected chi connectivity index (χ1v) is 6.85. The van der Waals surface area contributed by atoms with Crippen LogP contribution in [-0.4, -0.2) is 32.9 Å². The van der Waals surface area contributed by atoms with Crippen molar-refractivity contribution in [2.45, 2.75) is 39.0 Å². The van der Waals surface area contributed by atoms with Gasteiger partial charge in [0.25, 0.3) is 0 Å². The third kappa shape index (κ3) is 2.80. The summed E-state index contributed by atoms with van der Waals surface area (Å²) in [5.74, 6) is 1.82. The minimum absolute atomic E-state index is 0.376. The van der Waals surface area contributed by atoms with Crippen LogP contribution in [-0.2, 0) is 24.3 Å². The van der Waals surface area contributed by atoms with Gasteiger partial charge in [0, 0.05) is 37.2 Å². The summed E-state index contributed by atoms with van der Waals surface area (Å²) in [6.07, 6.45) is 3.84. The monoisotopic (exact) mass is 273 g/mol. The van der Waals surface area contributed by atoms with E-state index in [0.29, 0.717) is 12.6 Å². The predicted molar refractivity (Wildman–Crippen MR) is 75.4 cm³/mol. The number of nitrogens with one attached hydrogen (secondary N) is 1. The van der Waals surface area contributed by atoms with Crippen molar-refractivity contribution in [2.24, 2.45) is 0 Å². The van der Waals surface area contributed by atoms with E-state index in [1.54, 1.807) is 7.11 Å². The summed E-state index contributed by atoms with van der Waals surface area (Å²) in [5.41, 5.74) is 2.14. The molecule has 20 heavy (non-hydrogen) atoms. The predicted octanol–water partition coefficient (Wildman–Crippen LogP) is 1.55. The van der Waals surface area contributed by atoms with Gasteiger partial charge >= 0.3 is 0 Å². The summed E-state index contributed by atoms with van der Waals surface area (Å²) < 4.78 is 7.07. The highest BCUT2D eigenvalue weighted by atomic mass is 16.5. The minimum atomic E-state index is 0.376. The maximum absolute atomic E-state index is 5.08. The fourth-order valence-corrected chi connectivity index (χ4v) is 2.54. The fourth-order valence-electron chi connectivity index (χ4n) is 2.54. The van der Waals surface area contributed by atoms with Crippen LogP contribution < -0.4 is 5.32 Å². The van der Waals surface area contributed by atoms with Gasteiger partial charge in [-0.2, -0.15) is 5.10 Å². The van der Waals surface area contributed by atoms with Gasteiger partial charge in [-0.05, 0) is 25.5 Å². The number of rotatable bonds is 4. The molecule has 6 nitrogen and oxygen atoms in total. The van der Waals surface area contributed by atoms with Crippen molar-refractivity contribution in [3.05, 3.63) is 35.7 Å². The van der Waals surface area contributed by atoms with Crippen molar-refractivity contribution in [3.63, 3.8) is 0 Å². The maximum atomic E-state index is 5.08. The van der Waals surface area contributed by atoms with E-state index < -0.39 is 0 Å². The molecule has 0 radical (unpaired) electrons. The Labute approximate surface area is 118 Å². The first kappa shape index (κ1) is 13.1. The molecule has 1 N–H and O–H groups in total. The first-order valence-electron chi connectivity index (χ1n) is 6.85. The van der Waals surface area contributed by atoms with E-state index in [2.05, 4.69) is 26.4 Å². The van der Waals surface area contributed by atoms with Crippen molar-refractivity contribution in [2.75, 3.05) is 12.4 Å². The molecular formula is C14H19N5O. The minimum Gasteiger partial charge on any atom is -0.380 e. The summed E-state index contributed by atoms with van der Waals surface area (Å²) in [4.78, 5) is 8.70. The third-order valence-corrected chi connectivity index (χ3v) is 3.44. The molecule has 6 heteroatoms. The Bertz CT molecular complexity index is 595. The normalized spacial score (nSPS) is 17.8. The highest BCUT2D eigenvalue weighted by molar-refractivity contribution is 5.44. The molecule has 2 aromatic rings. The molecule has 0 spiro atoms. The second-order valence-corrected chi connectivity index (χ2v) is 5.13. The van der Waals surface area contributed by atoms with Crippen LogP contribution in [0.15, 0.2) is 18.3 Å². The van der Waals surface area contributed by atoms with Crippen molar-refractivity contribution in [3.8, 4) is 0 Å². The van der Waals surface area contributed by atoms with Gasteiger partial charge < -0.3 is 10.1 Å². The molecule has 0 aliphatic carbocycles. The van der Waals surface area contributed by atoms with Crippen LogP contribution in [0, 0.1) is 6.92 Å². The topological polar surface area (TPSA) is 64.9 Å². The molecule has 0 bridgehead atoms. The second kappa shape index (κ2) is 5.58. The summed E-state index contributed by atoms with van der Waals surface area (Å²) >= 11 is 0. The fraction of sp³-hybridized carbons (Fsp3) is 0.500. The Morgan fingerprint density at radius 2 is 2.40 bits per heavy atom. The molecule has 1 aliphatic heterocycles. The molecule has 0 saturated heterocycles. The van der Waals surface area contributed by atoms with Gasteiger partial charge in [-0.25, -0.2) is 9.67 Å². The molecule has 1 aliphatic rings. The first-order chi connectivity index (χ1) is 9.74. The number of anilines is 1. The van der Waals surface area contributed by atoms with Crippen LogP contribution in [0.4, 0.5) is 5.69 Å². The van der Waals surface area contributed by atoms with E-state index in [4.69, 9.17) is 4.74 Å². The van der Waals surface area contributed by atoms with E-state index in [1.807, 2.05) is 23.9 Å². The van der Waals surface area contributed by atoms with E-state index in [0.717, 1.165) is 42.4 Å². The average molecular weight is 273 g/mol. The highest BCUT2D eigenvalue weighted by Crippen LogP contribution is 2.18. The highest BCUT2D eigenvalue weighted by Gasteiger charge is 2.21. The van der Waals surface area contributed by atoms with Gasteiger partial charge in [0.05, 0.1) is 6.54 Å². The second-order valence-electron chi connectivity index (χ2n) is 5.13. The van der Waals surface area contributed by atoms with E-state index in [1.165, 1.54) is 0 Å². The van der Waals surface area contributed by atoms with Crippen LogP contribution in [0.5, 0.6) is 0 Å². The van der Waals surface area contributed by atoms with Gasteiger partial charge in [-0.1, -0.05) is 0 Å². The molecule has 2 aromatic heterocycles. The zero-order chi connectivity index (χ0) is 13.9. The number of aromatic nitrogens is 4. The number of fused-ring (bicyclic) bond motifs is 1. The number of nitrogens with zero attached hydrogens (tertiary/aromatic N) is 4. The molecule has 0 saturated carbocycles. The molecule has 0 fully saturated rings. The summed E-state index contributed by atoms with van der Waals surface area (Å²) in [5, 5.41) is 8.02. The lowest BCUT2D eigenvalue weighted by Crippen LogP contribution is -2.32. The van der Waals surface area contributed by atoms with Gasteiger partial charge in [0.1, 0.15) is 12.4 Å². The number of hydrogen-bond donors (Lipinski definition) is 1. The zero-order valence-corrected chi connectivity index (χ0v) is 11.8. The Hall–Kier alpha value is -1.95. The Morgan fingerprint density at radius 3 is 3.20 bits per heavy atom. The van der Waals surface area contributed by atoms with Crippen LogP contribution in [0.3, 0.4) is 0 Å². The standard InChI is InChI=1S/C14H19N5O/c1-10-7-11(5-6-15-10)16-12-3-4-14-17-13(9-20-2)18-19(14)8-12/h5-7,12H,3-4,8-9H2,1-2H3,(H,15,16)/t12-/m0/s1. The zero-order valence-electron chi connectivity index (χ0n) is 11.8. The van der Waals surface area contributed by atoms with Crippen molar-refractivity contribution >= 4 is 5.69 Å². The summed E-state index contributed by atoms with van der Waals surface area (Å²) in [6.45, 7) is 3.31. The molecule has 0 unspecified atom stereocenters. The Balaban J connectivity index is 1.69. The molecule has 3 heterocycles.